The number of rotatable bonds is 0. The van der Waals surface area contributed by atoms with E-state index in [0.717, 1.165) is 0 Å². The molecule has 0 unspecified atom stereocenters. The summed E-state index contributed by atoms with van der Waals surface area (Å²) in [4.78, 5) is 8.56. The van der Waals surface area contributed by atoms with Gasteiger partial charge < -0.3 is 10.2 Å². The first-order chi connectivity index (χ1) is 1.73. The fraction of sp³-hybridized carbons (Fsp3) is 0. The van der Waals surface area contributed by atoms with Crippen LogP contribution in [0.25, 0.3) is 0 Å². The number of carboxylic acid groups (broad SMARTS) is 2. The van der Waals surface area contributed by atoms with Gasteiger partial charge in [0.25, 0.3) is 0 Å². The Kier molecular flexibility index (Phi) is 24.4. The third-order valence-corrected chi connectivity index (χ3v) is 0. The first kappa shape index (κ1) is 16.2. The van der Waals surface area contributed by atoms with Crippen molar-refractivity contribution in [3.05, 3.63) is 0 Å². The third-order valence-electron chi connectivity index (χ3n) is 0. The predicted molar refractivity (Wildman–Crippen MR) is 20.6 cm³/mol. The van der Waals surface area contributed by atoms with Crippen LogP contribution in [-0.2, 0) is 16.8 Å². The Morgan fingerprint density at radius 2 is 1.33 bits per heavy atom. The van der Waals surface area contributed by atoms with Crippen LogP contribution < -0.4 is 0 Å². The van der Waals surface area contributed by atoms with E-state index in [9.17, 15) is 0 Å². The van der Waals surface area contributed by atoms with Crippen molar-refractivity contribution in [2.75, 3.05) is 0 Å². The van der Waals surface area contributed by atoms with E-state index in [1.807, 2.05) is 0 Å². The second-order valence-electron chi connectivity index (χ2n) is 0.283. The second-order valence-corrected chi connectivity index (χ2v) is 0.283. The number of hydrogen-bond acceptors (Lipinski definition) is 1. The Morgan fingerprint density at radius 1 is 1.33 bits per heavy atom. The molecule has 0 atom stereocenters. The monoisotopic (exact) mass is 151 g/mol. The summed E-state index contributed by atoms with van der Waals surface area (Å²) in [6, 6.07) is 0. The molecule has 0 aromatic rings. The maximum absolute atomic E-state index is 8.56. The molecule has 0 aliphatic heterocycles. The maximum Gasteiger partial charge on any atom is 0.503 e. The van der Waals surface area contributed by atoms with Crippen molar-refractivity contribution in [2.45, 2.75) is 0 Å². The van der Waals surface area contributed by atoms with Gasteiger partial charge in [-0.05, 0) is 0 Å². The molecule has 0 aliphatic rings. The molecule has 0 aromatic heterocycles. The summed E-state index contributed by atoms with van der Waals surface area (Å²) in [6.45, 7) is 0. The van der Waals surface area contributed by atoms with Gasteiger partial charge >= 0.3 is 6.16 Å². The van der Waals surface area contributed by atoms with E-state index >= 15 is 0 Å². The first-order valence-corrected chi connectivity index (χ1v) is 0.651. The summed E-state index contributed by atoms with van der Waals surface area (Å²) >= 11 is 0. The minimum atomic E-state index is -1.83. The fourth-order valence-corrected chi connectivity index (χ4v) is 0. The van der Waals surface area contributed by atoms with Gasteiger partial charge in [0.1, 0.15) is 0 Å². The van der Waals surface area contributed by atoms with Crippen LogP contribution in [0.5, 0.6) is 0 Å². The molecule has 0 bridgehead atoms. The normalized spacial score (nSPS) is 4.00. The Labute approximate surface area is 55.7 Å². The van der Waals surface area contributed by atoms with Gasteiger partial charge in [-0.15, -0.1) is 0 Å². The van der Waals surface area contributed by atoms with Crippen LogP contribution in [0, 0.1) is 0 Å². The molecule has 0 saturated heterocycles. The summed E-state index contributed by atoms with van der Waals surface area (Å²) < 4.78 is 0. The molecule has 0 fully saturated rings. The van der Waals surface area contributed by atoms with Gasteiger partial charge in [0.15, 0.2) is 17.4 Å². The van der Waals surface area contributed by atoms with E-state index in [-0.39, 0.29) is 34.1 Å². The van der Waals surface area contributed by atoms with Crippen LogP contribution in [-0.4, -0.2) is 33.7 Å². The fourth-order valence-electron chi connectivity index (χ4n) is 0. The summed E-state index contributed by atoms with van der Waals surface area (Å²) in [5, 5.41) is 13.9. The standard InChI is InChI=1S/CH2O3.Al.Co.3H/c2-1(3)4;;;;;/h(H2,2,3,4);;;;;. The minimum Gasteiger partial charge on any atom is -0.450 e. The van der Waals surface area contributed by atoms with Gasteiger partial charge in [0, 0.05) is 16.8 Å². The molecule has 2 N–H and O–H groups in total. The molecule has 0 aliphatic carbocycles. The summed E-state index contributed by atoms with van der Waals surface area (Å²) in [5.41, 5.74) is 0. The van der Waals surface area contributed by atoms with Gasteiger partial charge in [0.2, 0.25) is 0 Å². The molecule has 0 rings (SSSR count). The Balaban J connectivity index is -0.0000000450. The molecule has 5 heteroatoms. The van der Waals surface area contributed by atoms with Crippen molar-refractivity contribution < 1.29 is 31.8 Å². The van der Waals surface area contributed by atoms with Crippen LogP contribution in [0.3, 0.4) is 0 Å². The first-order valence-electron chi connectivity index (χ1n) is 0.651. The quantitative estimate of drug-likeness (QED) is 0.438. The van der Waals surface area contributed by atoms with E-state index in [0.29, 0.717) is 0 Å². The van der Waals surface area contributed by atoms with E-state index in [1.165, 1.54) is 0 Å². The molecule has 6 heavy (non-hydrogen) atoms. The minimum absolute atomic E-state index is 0. The van der Waals surface area contributed by atoms with Gasteiger partial charge in [-0.3, -0.25) is 0 Å². The van der Waals surface area contributed by atoms with E-state index in [1.54, 1.807) is 0 Å². The molecule has 0 amide bonds. The van der Waals surface area contributed by atoms with Crippen molar-refractivity contribution in [3.8, 4) is 0 Å². The average Bonchev–Trinajstić information content (AvgIpc) is 0.811. The van der Waals surface area contributed by atoms with Crippen molar-refractivity contribution in [1.82, 2.24) is 0 Å². The van der Waals surface area contributed by atoms with Gasteiger partial charge in [-0.1, -0.05) is 0 Å². The molecule has 39 valence electrons. The molecular weight excluding hydrogens is 146 g/mol. The van der Waals surface area contributed by atoms with Crippen LogP contribution in [0.2, 0.25) is 0 Å². The zero-order valence-electron chi connectivity index (χ0n) is 2.14. The van der Waals surface area contributed by atoms with Crippen LogP contribution in [0.4, 0.5) is 4.79 Å². The number of hydrogen-bond donors (Lipinski definition) is 2. The van der Waals surface area contributed by atoms with Crippen LogP contribution in [0.1, 0.15) is 0 Å². The summed E-state index contributed by atoms with van der Waals surface area (Å²) in [6.07, 6.45) is -1.83. The van der Waals surface area contributed by atoms with Crippen LogP contribution >= 0.6 is 0 Å². The van der Waals surface area contributed by atoms with Gasteiger partial charge in [-0.2, -0.15) is 0 Å². The zero-order valence-corrected chi connectivity index (χ0v) is 3.18. The molecule has 0 aromatic carbocycles. The Bertz CT molecular complexity index is 33.8. The predicted octanol–water partition coefficient (Wildman–Crippen LogP) is -0.964. The molecule has 1 radical (unpaired) electrons. The SMILES string of the molecule is O=C(O)O.[AlH3].[Co]. The third kappa shape index (κ3) is 494. The Hall–Kier alpha value is 0.309. The summed E-state index contributed by atoms with van der Waals surface area (Å²) in [7, 11) is 0. The topological polar surface area (TPSA) is 57.5 Å². The molecule has 3 nitrogen and oxygen atoms in total. The van der Waals surface area contributed by atoms with Crippen molar-refractivity contribution in [1.29, 1.82) is 0 Å². The smallest absolute Gasteiger partial charge is 0.450 e. The Morgan fingerprint density at radius 3 is 1.33 bits per heavy atom. The van der Waals surface area contributed by atoms with Gasteiger partial charge in [0.05, 0.1) is 0 Å². The van der Waals surface area contributed by atoms with E-state index < -0.39 is 6.16 Å². The molecular formula is CH5AlCoO3. The molecule has 0 spiro atoms. The van der Waals surface area contributed by atoms with E-state index in [4.69, 9.17) is 15.0 Å². The van der Waals surface area contributed by atoms with E-state index in [2.05, 4.69) is 0 Å². The largest absolute Gasteiger partial charge is 0.503 e. The van der Waals surface area contributed by atoms with Gasteiger partial charge in [-0.25, -0.2) is 4.79 Å². The zero-order chi connectivity index (χ0) is 3.58. The van der Waals surface area contributed by atoms with Crippen molar-refractivity contribution >= 4 is 23.5 Å². The number of carbonyl (C=O) groups is 1. The van der Waals surface area contributed by atoms with Crippen molar-refractivity contribution in [3.63, 3.8) is 0 Å². The molecule has 0 saturated carbocycles. The average molecular weight is 151 g/mol. The van der Waals surface area contributed by atoms with Crippen LogP contribution in [0.15, 0.2) is 0 Å². The second kappa shape index (κ2) is 9.00. The summed E-state index contributed by atoms with van der Waals surface area (Å²) in [5.74, 6) is 0. The van der Waals surface area contributed by atoms with Crippen molar-refractivity contribution in [2.24, 2.45) is 0 Å². The maximum atomic E-state index is 8.56. The molecule has 0 heterocycles.